The Morgan fingerprint density at radius 1 is 1.04 bits per heavy atom. The number of anilines is 2. The van der Waals surface area contributed by atoms with Crippen LogP contribution < -0.4 is 9.03 Å². The van der Waals surface area contributed by atoms with Crippen molar-refractivity contribution in [2.75, 3.05) is 21.3 Å². The van der Waals surface area contributed by atoms with Crippen LogP contribution in [0.2, 0.25) is 5.02 Å². The molecule has 0 saturated carbocycles. The molecule has 1 N–H and O–H groups in total. The van der Waals surface area contributed by atoms with Crippen LogP contribution in [0.25, 0.3) is 0 Å². The summed E-state index contributed by atoms with van der Waals surface area (Å²) in [6, 6.07) is 9.51. The zero-order valence-corrected chi connectivity index (χ0v) is 17.5. The largest absolute Gasteiger partial charge is 0.280 e. The summed E-state index contributed by atoms with van der Waals surface area (Å²) in [5.74, 6) is 0.135. The minimum Gasteiger partial charge on any atom is -0.280 e. The lowest BCUT2D eigenvalue weighted by Crippen LogP contribution is -2.37. The number of rotatable bonds is 4. The second-order valence-corrected chi connectivity index (χ2v) is 10.7. The molecule has 6 nitrogen and oxygen atoms in total. The second kappa shape index (κ2) is 7.33. The molecule has 9 heteroatoms. The van der Waals surface area contributed by atoms with Gasteiger partial charge < -0.3 is 0 Å². The van der Waals surface area contributed by atoms with Crippen molar-refractivity contribution in [2.24, 2.45) is 0 Å². The third-order valence-electron chi connectivity index (χ3n) is 4.50. The van der Waals surface area contributed by atoms with E-state index in [0.717, 1.165) is 6.42 Å². The average Bonchev–Trinajstić information content (AvgIpc) is 2.58. The highest BCUT2D eigenvalue weighted by Crippen LogP contribution is 2.28. The van der Waals surface area contributed by atoms with Gasteiger partial charge in [-0.2, -0.15) is 0 Å². The Morgan fingerprint density at radius 3 is 2.33 bits per heavy atom. The van der Waals surface area contributed by atoms with Crippen LogP contribution in [0.5, 0.6) is 0 Å². The number of sulfonamides is 2. The zero-order chi connectivity index (χ0) is 19.8. The van der Waals surface area contributed by atoms with Gasteiger partial charge in [0.15, 0.2) is 0 Å². The molecule has 1 heterocycles. The predicted octanol–water partition coefficient (Wildman–Crippen LogP) is 3.69. The van der Waals surface area contributed by atoms with Crippen molar-refractivity contribution in [1.82, 2.24) is 0 Å². The maximum absolute atomic E-state index is 12.7. The molecule has 2 aromatic carbocycles. The van der Waals surface area contributed by atoms with Crippen LogP contribution in [-0.2, 0) is 20.0 Å². The lowest BCUT2D eigenvalue weighted by Gasteiger charge is -2.28. The van der Waals surface area contributed by atoms with E-state index in [-0.39, 0.29) is 10.6 Å². The fraction of sp³-hybridized carbons (Fsp3) is 0.333. The highest BCUT2D eigenvalue weighted by atomic mass is 35.5. The zero-order valence-electron chi connectivity index (χ0n) is 15.1. The van der Waals surface area contributed by atoms with Gasteiger partial charge in [0.1, 0.15) is 0 Å². The second-order valence-electron chi connectivity index (χ2n) is 6.61. The number of nitrogens with zero attached hydrogens (tertiary/aromatic N) is 1. The van der Waals surface area contributed by atoms with E-state index in [2.05, 4.69) is 4.72 Å². The van der Waals surface area contributed by atoms with Crippen molar-refractivity contribution in [3.63, 3.8) is 0 Å². The lowest BCUT2D eigenvalue weighted by atomic mass is 10.2. The van der Waals surface area contributed by atoms with E-state index in [1.54, 1.807) is 44.2 Å². The predicted molar refractivity (Wildman–Crippen MR) is 109 cm³/mol. The minimum atomic E-state index is -3.78. The Labute approximate surface area is 165 Å². The first-order valence-corrected chi connectivity index (χ1v) is 12.0. The van der Waals surface area contributed by atoms with Crippen LogP contribution in [0.3, 0.4) is 0 Å². The SMILES string of the molecule is Cc1cc(S(=O)(=O)Nc2ccc(N3CCCCS3(=O)=O)cc2)c(C)cc1Cl. The molecule has 27 heavy (non-hydrogen) atoms. The van der Waals surface area contributed by atoms with E-state index >= 15 is 0 Å². The summed E-state index contributed by atoms with van der Waals surface area (Å²) in [5.41, 5.74) is 2.12. The first-order chi connectivity index (χ1) is 12.6. The molecule has 0 spiro atoms. The smallest absolute Gasteiger partial charge is 0.262 e. The fourth-order valence-electron chi connectivity index (χ4n) is 3.03. The van der Waals surface area contributed by atoms with Gasteiger partial charge in [0.25, 0.3) is 10.0 Å². The summed E-state index contributed by atoms with van der Waals surface area (Å²) in [5, 5.41) is 0.513. The topological polar surface area (TPSA) is 83.6 Å². The highest BCUT2D eigenvalue weighted by molar-refractivity contribution is 7.93. The van der Waals surface area contributed by atoms with Crippen molar-refractivity contribution >= 4 is 43.0 Å². The average molecular weight is 429 g/mol. The molecule has 3 rings (SSSR count). The Bertz CT molecular complexity index is 1070. The van der Waals surface area contributed by atoms with Gasteiger partial charge in [0.05, 0.1) is 16.3 Å². The minimum absolute atomic E-state index is 0.135. The molecular weight excluding hydrogens is 408 g/mol. The van der Waals surface area contributed by atoms with E-state index in [1.165, 1.54) is 10.4 Å². The Morgan fingerprint density at radius 2 is 1.70 bits per heavy atom. The van der Waals surface area contributed by atoms with Crippen LogP contribution in [0.4, 0.5) is 11.4 Å². The number of halogens is 1. The summed E-state index contributed by atoms with van der Waals surface area (Å²) < 4.78 is 53.7. The molecule has 0 aliphatic carbocycles. The number of hydrogen-bond donors (Lipinski definition) is 1. The molecule has 146 valence electrons. The van der Waals surface area contributed by atoms with Crippen LogP contribution in [0, 0.1) is 13.8 Å². The normalized spacial score (nSPS) is 16.9. The molecule has 1 aliphatic rings. The first kappa shape index (κ1) is 20.0. The van der Waals surface area contributed by atoms with Crippen molar-refractivity contribution in [3.8, 4) is 0 Å². The van der Waals surface area contributed by atoms with Gasteiger partial charge >= 0.3 is 0 Å². The monoisotopic (exact) mass is 428 g/mol. The van der Waals surface area contributed by atoms with Gasteiger partial charge in [-0.3, -0.25) is 9.03 Å². The van der Waals surface area contributed by atoms with Crippen LogP contribution in [0.15, 0.2) is 41.3 Å². The van der Waals surface area contributed by atoms with Gasteiger partial charge in [-0.25, -0.2) is 16.8 Å². The molecule has 1 saturated heterocycles. The van der Waals surface area contributed by atoms with Crippen molar-refractivity contribution < 1.29 is 16.8 Å². The molecular formula is C18H21ClN2O4S2. The quantitative estimate of drug-likeness (QED) is 0.804. The number of aryl methyl sites for hydroxylation is 2. The van der Waals surface area contributed by atoms with E-state index in [4.69, 9.17) is 11.6 Å². The Balaban J connectivity index is 1.85. The van der Waals surface area contributed by atoms with E-state index in [0.29, 0.717) is 40.5 Å². The van der Waals surface area contributed by atoms with Crippen molar-refractivity contribution in [3.05, 3.63) is 52.5 Å². The molecule has 0 unspecified atom stereocenters. The number of hydrogen-bond acceptors (Lipinski definition) is 4. The molecule has 0 radical (unpaired) electrons. The maximum atomic E-state index is 12.7. The lowest BCUT2D eigenvalue weighted by molar-refractivity contribution is 0.574. The van der Waals surface area contributed by atoms with Gasteiger partial charge in [-0.05, 0) is 74.2 Å². The van der Waals surface area contributed by atoms with E-state index < -0.39 is 20.0 Å². The summed E-state index contributed by atoms with van der Waals surface area (Å²) in [4.78, 5) is 0.159. The van der Waals surface area contributed by atoms with E-state index in [1.807, 2.05) is 0 Å². The van der Waals surface area contributed by atoms with Crippen LogP contribution in [-0.4, -0.2) is 29.1 Å². The van der Waals surface area contributed by atoms with Gasteiger partial charge in [-0.1, -0.05) is 11.6 Å². The van der Waals surface area contributed by atoms with Crippen molar-refractivity contribution in [1.29, 1.82) is 0 Å². The van der Waals surface area contributed by atoms with Crippen molar-refractivity contribution in [2.45, 2.75) is 31.6 Å². The molecule has 2 aromatic rings. The molecule has 0 atom stereocenters. The first-order valence-electron chi connectivity index (χ1n) is 8.50. The summed E-state index contributed by atoms with van der Waals surface area (Å²) in [7, 11) is -7.08. The summed E-state index contributed by atoms with van der Waals surface area (Å²) >= 11 is 6.04. The van der Waals surface area contributed by atoms with Gasteiger partial charge in [-0.15, -0.1) is 0 Å². The standard InChI is InChI=1S/C18H21ClN2O4S2/c1-13-12-18(14(2)11-17(13)19)27(24,25)20-15-5-7-16(8-6-15)21-9-3-4-10-26(21,22)23/h5-8,11-12,20H,3-4,9-10H2,1-2H3. The molecule has 1 fully saturated rings. The molecule has 0 amide bonds. The third-order valence-corrected chi connectivity index (χ3v) is 8.30. The van der Waals surface area contributed by atoms with Crippen LogP contribution >= 0.6 is 11.6 Å². The Kier molecular flexibility index (Phi) is 5.42. The van der Waals surface area contributed by atoms with E-state index in [9.17, 15) is 16.8 Å². The highest BCUT2D eigenvalue weighted by Gasteiger charge is 2.26. The van der Waals surface area contributed by atoms with Crippen LogP contribution in [0.1, 0.15) is 24.0 Å². The Hall–Kier alpha value is -1.77. The maximum Gasteiger partial charge on any atom is 0.262 e. The van der Waals surface area contributed by atoms with Gasteiger partial charge in [0.2, 0.25) is 10.0 Å². The number of benzene rings is 2. The summed E-state index contributed by atoms with van der Waals surface area (Å²) in [6.45, 7) is 3.87. The molecule has 0 bridgehead atoms. The molecule has 1 aliphatic heterocycles. The van der Waals surface area contributed by atoms with Gasteiger partial charge in [0, 0.05) is 17.3 Å². The summed E-state index contributed by atoms with van der Waals surface area (Å²) in [6.07, 6.45) is 1.47. The number of nitrogens with one attached hydrogen (secondary N) is 1. The fourth-order valence-corrected chi connectivity index (χ4v) is 6.26. The molecule has 0 aromatic heterocycles. The third kappa shape index (κ3) is 4.23.